The standard InChI is InChI=1S/C12H15F3N2O2/c1-19-10-4-2-3-9(5-10)17-7-8(6-16-17)11(18)12(13,14)15/h6-7,9-10H,2-5H2,1H3. The van der Waals surface area contributed by atoms with Crippen LogP contribution in [0.1, 0.15) is 42.1 Å². The molecule has 2 atom stereocenters. The lowest BCUT2D eigenvalue weighted by molar-refractivity contribution is -0.0885. The fraction of sp³-hybridized carbons (Fsp3) is 0.667. The fourth-order valence-electron chi connectivity index (χ4n) is 2.39. The predicted octanol–water partition coefficient (Wildman–Crippen LogP) is 2.76. The van der Waals surface area contributed by atoms with Crippen molar-refractivity contribution in [3.63, 3.8) is 0 Å². The van der Waals surface area contributed by atoms with Crippen LogP contribution in [0.2, 0.25) is 0 Å². The number of alkyl halides is 3. The maximum Gasteiger partial charge on any atom is 0.454 e. The Labute approximate surface area is 108 Å². The van der Waals surface area contributed by atoms with E-state index in [4.69, 9.17) is 4.74 Å². The Kier molecular flexibility index (Phi) is 3.93. The fourth-order valence-corrected chi connectivity index (χ4v) is 2.39. The molecule has 4 nitrogen and oxygen atoms in total. The van der Waals surface area contributed by atoms with E-state index in [1.807, 2.05) is 0 Å². The number of carbonyl (C=O) groups is 1. The molecule has 106 valence electrons. The van der Waals surface area contributed by atoms with Gasteiger partial charge >= 0.3 is 6.18 Å². The van der Waals surface area contributed by atoms with Gasteiger partial charge in [0.25, 0.3) is 5.78 Å². The highest BCUT2D eigenvalue weighted by atomic mass is 19.4. The zero-order valence-electron chi connectivity index (χ0n) is 10.5. The molecule has 2 unspecified atom stereocenters. The topological polar surface area (TPSA) is 44.1 Å². The summed E-state index contributed by atoms with van der Waals surface area (Å²) in [6.07, 6.45) is 0.831. The van der Waals surface area contributed by atoms with E-state index in [9.17, 15) is 18.0 Å². The molecule has 0 N–H and O–H groups in total. The van der Waals surface area contributed by atoms with Crippen molar-refractivity contribution in [1.29, 1.82) is 0 Å². The minimum absolute atomic E-state index is 0.00603. The average Bonchev–Trinajstić information content (AvgIpc) is 2.86. The van der Waals surface area contributed by atoms with E-state index in [-0.39, 0.29) is 12.1 Å². The number of aromatic nitrogens is 2. The molecule has 7 heteroatoms. The van der Waals surface area contributed by atoms with Gasteiger partial charge in [-0.05, 0) is 25.7 Å². The molecule has 1 aliphatic rings. The molecule has 1 aromatic heterocycles. The van der Waals surface area contributed by atoms with Crippen LogP contribution in [0.3, 0.4) is 0 Å². The van der Waals surface area contributed by atoms with E-state index in [0.717, 1.165) is 25.5 Å². The summed E-state index contributed by atoms with van der Waals surface area (Å²) in [5.74, 6) is -1.85. The number of halogens is 3. The number of carbonyl (C=O) groups excluding carboxylic acids is 1. The molecule has 1 saturated carbocycles. The number of ether oxygens (including phenoxy) is 1. The SMILES string of the molecule is COC1CCCC(n2cc(C(=O)C(F)(F)F)cn2)C1. The van der Waals surface area contributed by atoms with Gasteiger partial charge in [0, 0.05) is 13.3 Å². The van der Waals surface area contributed by atoms with E-state index < -0.39 is 17.5 Å². The van der Waals surface area contributed by atoms with Crippen molar-refractivity contribution in [1.82, 2.24) is 9.78 Å². The number of ketones is 1. The van der Waals surface area contributed by atoms with E-state index in [2.05, 4.69) is 5.10 Å². The Hall–Kier alpha value is -1.37. The van der Waals surface area contributed by atoms with Gasteiger partial charge < -0.3 is 4.74 Å². The van der Waals surface area contributed by atoms with Gasteiger partial charge in [0.1, 0.15) is 0 Å². The lowest BCUT2D eigenvalue weighted by Gasteiger charge is -2.28. The maximum atomic E-state index is 12.3. The molecule has 1 aliphatic carbocycles. The molecule has 1 aromatic rings. The summed E-state index contributed by atoms with van der Waals surface area (Å²) < 4.78 is 43.6. The first-order valence-corrected chi connectivity index (χ1v) is 6.10. The largest absolute Gasteiger partial charge is 0.454 e. The van der Waals surface area contributed by atoms with E-state index in [0.29, 0.717) is 6.42 Å². The Balaban J connectivity index is 2.11. The van der Waals surface area contributed by atoms with Crippen LogP contribution in [-0.2, 0) is 4.74 Å². The number of methoxy groups -OCH3 is 1. The summed E-state index contributed by atoms with van der Waals surface area (Å²) >= 11 is 0. The van der Waals surface area contributed by atoms with Gasteiger partial charge in [-0.25, -0.2) is 0 Å². The lowest BCUT2D eigenvalue weighted by Crippen LogP contribution is -2.25. The van der Waals surface area contributed by atoms with Crippen molar-refractivity contribution < 1.29 is 22.7 Å². The monoisotopic (exact) mass is 276 g/mol. The minimum Gasteiger partial charge on any atom is -0.381 e. The Morgan fingerprint density at radius 1 is 1.47 bits per heavy atom. The highest BCUT2D eigenvalue weighted by Gasteiger charge is 2.40. The molecule has 0 spiro atoms. The maximum absolute atomic E-state index is 12.3. The second-order valence-electron chi connectivity index (χ2n) is 4.71. The Morgan fingerprint density at radius 2 is 2.21 bits per heavy atom. The van der Waals surface area contributed by atoms with Crippen molar-refractivity contribution in [2.24, 2.45) is 0 Å². The molecule has 0 radical (unpaired) electrons. The summed E-state index contributed by atoms with van der Waals surface area (Å²) in [5, 5.41) is 3.88. The van der Waals surface area contributed by atoms with Gasteiger partial charge in [-0.3, -0.25) is 9.48 Å². The van der Waals surface area contributed by atoms with Crippen LogP contribution in [0.25, 0.3) is 0 Å². The van der Waals surface area contributed by atoms with Gasteiger partial charge in [0.15, 0.2) is 0 Å². The van der Waals surface area contributed by atoms with Crippen LogP contribution in [0, 0.1) is 0 Å². The van der Waals surface area contributed by atoms with E-state index in [1.54, 1.807) is 7.11 Å². The summed E-state index contributed by atoms with van der Waals surface area (Å²) in [7, 11) is 1.62. The first kappa shape index (κ1) is 14.0. The van der Waals surface area contributed by atoms with Crippen molar-refractivity contribution in [2.75, 3.05) is 7.11 Å². The van der Waals surface area contributed by atoms with Crippen molar-refractivity contribution in [2.45, 2.75) is 44.0 Å². The molecule has 1 fully saturated rings. The molecule has 0 saturated heterocycles. The Bertz CT molecular complexity index is 456. The summed E-state index contributed by atoms with van der Waals surface area (Å²) in [4.78, 5) is 11.1. The highest BCUT2D eigenvalue weighted by molar-refractivity contribution is 5.99. The normalized spacial score (nSPS) is 24.4. The van der Waals surface area contributed by atoms with Crippen LogP contribution < -0.4 is 0 Å². The van der Waals surface area contributed by atoms with Gasteiger partial charge in [-0.15, -0.1) is 0 Å². The minimum atomic E-state index is -4.85. The van der Waals surface area contributed by atoms with Crippen LogP contribution in [-0.4, -0.2) is 35.0 Å². The molecular formula is C12H15F3N2O2. The zero-order valence-corrected chi connectivity index (χ0v) is 10.5. The van der Waals surface area contributed by atoms with Crippen LogP contribution >= 0.6 is 0 Å². The third-order valence-corrected chi connectivity index (χ3v) is 3.43. The lowest BCUT2D eigenvalue weighted by atomic mass is 9.93. The third-order valence-electron chi connectivity index (χ3n) is 3.43. The zero-order chi connectivity index (χ0) is 14.0. The molecule has 0 amide bonds. The quantitative estimate of drug-likeness (QED) is 0.797. The molecule has 0 aromatic carbocycles. The predicted molar refractivity (Wildman–Crippen MR) is 60.9 cm³/mol. The Morgan fingerprint density at radius 3 is 2.84 bits per heavy atom. The van der Waals surface area contributed by atoms with E-state index >= 15 is 0 Å². The smallest absolute Gasteiger partial charge is 0.381 e. The second-order valence-corrected chi connectivity index (χ2v) is 4.71. The van der Waals surface area contributed by atoms with Crippen molar-refractivity contribution in [3.05, 3.63) is 18.0 Å². The number of nitrogens with zero attached hydrogens (tertiary/aromatic N) is 2. The molecule has 0 aliphatic heterocycles. The van der Waals surface area contributed by atoms with Crippen LogP contribution in [0.4, 0.5) is 13.2 Å². The van der Waals surface area contributed by atoms with Gasteiger partial charge in [0.2, 0.25) is 0 Å². The second kappa shape index (κ2) is 5.32. The molecule has 19 heavy (non-hydrogen) atoms. The van der Waals surface area contributed by atoms with Crippen LogP contribution in [0.5, 0.6) is 0 Å². The van der Waals surface area contributed by atoms with Crippen LogP contribution in [0.15, 0.2) is 12.4 Å². The summed E-state index contributed by atoms with van der Waals surface area (Å²) in [5.41, 5.74) is -0.410. The van der Waals surface area contributed by atoms with Gasteiger partial charge in [0.05, 0.1) is 23.9 Å². The molecule has 0 bridgehead atoms. The van der Waals surface area contributed by atoms with Crippen molar-refractivity contribution in [3.8, 4) is 0 Å². The first-order chi connectivity index (χ1) is 8.91. The molecule has 1 heterocycles. The number of hydrogen-bond donors (Lipinski definition) is 0. The average molecular weight is 276 g/mol. The third kappa shape index (κ3) is 3.15. The van der Waals surface area contributed by atoms with Crippen molar-refractivity contribution >= 4 is 5.78 Å². The van der Waals surface area contributed by atoms with Gasteiger partial charge in [-0.1, -0.05) is 0 Å². The number of Topliss-reactive ketones (excluding diaryl/α,β-unsaturated/α-hetero) is 1. The first-order valence-electron chi connectivity index (χ1n) is 6.10. The number of rotatable bonds is 3. The summed E-state index contributed by atoms with van der Waals surface area (Å²) in [6.45, 7) is 0. The van der Waals surface area contributed by atoms with Gasteiger partial charge in [-0.2, -0.15) is 18.3 Å². The molecule has 2 rings (SSSR count). The summed E-state index contributed by atoms with van der Waals surface area (Å²) in [6, 6.07) is -0.00603. The van der Waals surface area contributed by atoms with E-state index in [1.165, 1.54) is 10.9 Å². The molecular weight excluding hydrogens is 261 g/mol. The number of hydrogen-bond acceptors (Lipinski definition) is 3. The highest BCUT2D eigenvalue weighted by Crippen LogP contribution is 2.30.